The molecule has 0 saturated carbocycles. The van der Waals surface area contributed by atoms with Crippen molar-refractivity contribution in [3.63, 3.8) is 0 Å². The van der Waals surface area contributed by atoms with Crippen LogP contribution in [0.1, 0.15) is 30.4 Å². The Morgan fingerprint density at radius 2 is 1.72 bits per heavy atom. The van der Waals surface area contributed by atoms with E-state index in [4.69, 9.17) is 13.9 Å². The van der Waals surface area contributed by atoms with Crippen molar-refractivity contribution in [3.05, 3.63) is 70.1 Å². The lowest BCUT2D eigenvalue weighted by Gasteiger charge is -2.38. The molecule has 11 heteroatoms. The van der Waals surface area contributed by atoms with Gasteiger partial charge in [-0.25, -0.2) is 9.59 Å². The van der Waals surface area contributed by atoms with Crippen molar-refractivity contribution in [1.82, 2.24) is 0 Å². The average Bonchev–Trinajstić information content (AvgIpc) is 2.84. The third-order valence-corrected chi connectivity index (χ3v) is 5.99. The van der Waals surface area contributed by atoms with Crippen molar-refractivity contribution in [3.8, 4) is 11.5 Å². The van der Waals surface area contributed by atoms with Crippen molar-refractivity contribution in [2.45, 2.75) is 50.0 Å². The van der Waals surface area contributed by atoms with Gasteiger partial charge in [-0.15, -0.1) is 0 Å². The smallest absolute Gasteiger partial charge is 0.343 e. The van der Waals surface area contributed by atoms with Crippen LogP contribution < -0.4 is 10.4 Å². The molecule has 190 valence electrons. The average molecular weight is 500 g/mol. The van der Waals surface area contributed by atoms with Crippen LogP contribution in [0.4, 0.5) is 0 Å². The highest BCUT2D eigenvalue weighted by Crippen LogP contribution is 2.38. The number of carbonyl (C=O) groups excluding carboxylic acids is 1. The van der Waals surface area contributed by atoms with E-state index >= 15 is 0 Å². The first-order valence-electron chi connectivity index (χ1n) is 11.0. The van der Waals surface area contributed by atoms with E-state index in [2.05, 4.69) is 0 Å². The zero-order chi connectivity index (χ0) is 26.1. The summed E-state index contributed by atoms with van der Waals surface area (Å²) in [6.07, 6.45) is -9.13. The number of carboxylic acid groups (broad SMARTS) is 1. The number of carbonyl (C=O) groups is 2. The molecular formula is C25H24O11. The van der Waals surface area contributed by atoms with Crippen molar-refractivity contribution < 1.29 is 49.0 Å². The van der Waals surface area contributed by atoms with Crippen LogP contribution in [-0.2, 0) is 14.3 Å². The summed E-state index contributed by atoms with van der Waals surface area (Å²) in [5.41, 5.74) is -0.323. The molecule has 0 bridgehead atoms. The second-order valence-electron chi connectivity index (χ2n) is 8.53. The summed E-state index contributed by atoms with van der Waals surface area (Å²) in [7, 11) is 0. The van der Waals surface area contributed by atoms with Gasteiger partial charge in [0, 0.05) is 12.3 Å². The second kappa shape index (κ2) is 10.1. The first kappa shape index (κ1) is 25.3. The minimum absolute atomic E-state index is 0.00668. The first-order valence-corrected chi connectivity index (χ1v) is 11.0. The zero-order valence-electron chi connectivity index (χ0n) is 19.0. The summed E-state index contributed by atoms with van der Waals surface area (Å²) in [6.45, 7) is 1.37. The Morgan fingerprint density at radius 3 is 2.36 bits per heavy atom. The van der Waals surface area contributed by atoms with Crippen LogP contribution in [0.3, 0.4) is 0 Å². The highest BCUT2D eigenvalue weighted by Gasteiger charge is 2.48. The highest BCUT2D eigenvalue weighted by molar-refractivity contribution is 5.86. The third kappa shape index (κ3) is 4.82. The van der Waals surface area contributed by atoms with Crippen LogP contribution in [0, 0.1) is 0 Å². The summed E-state index contributed by atoms with van der Waals surface area (Å²) < 4.78 is 16.0. The van der Waals surface area contributed by atoms with E-state index in [0.29, 0.717) is 5.56 Å². The van der Waals surface area contributed by atoms with Crippen LogP contribution in [0.15, 0.2) is 57.7 Å². The Morgan fingerprint density at radius 1 is 1.03 bits per heavy atom. The summed E-state index contributed by atoms with van der Waals surface area (Å²) in [5.74, 6) is -3.03. The number of ketones is 1. The number of aromatic hydroxyl groups is 1. The van der Waals surface area contributed by atoms with Gasteiger partial charge in [0.05, 0.1) is 10.9 Å². The van der Waals surface area contributed by atoms with E-state index in [1.807, 2.05) is 0 Å². The van der Waals surface area contributed by atoms with E-state index in [9.17, 15) is 39.9 Å². The number of Topliss-reactive ketones (excluding diaryl/α,β-unsaturated/α-hetero) is 1. The third-order valence-electron chi connectivity index (χ3n) is 5.99. The predicted octanol–water partition coefficient (Wildman–Crippen LogP) is 0.881. The highest BCUT2D eigenvalue weighted by atomic mass is 16.7. The lowest BCUT2D eigenvalue weighted by Crippen LogP contribution is -2.61. The molecule has 1 aromatic heterocycles. The molecule has 2 heterocycles. The number of rotatable bonds is 7. The molecule has 0 spiro atoms. The van der Waals surface area contributed by atoms with Gasteiger partial charge in [0.1, 0.15) is 41.2 Å². The molecule has 0 radical (unpaired) electrons. The maximum atomic E-state index is 12.8. The maximum Gasteiger partial charge on any atom is 0.343 e. The number of aliphatic hydroxyl groups excluding tert-OH is 3. The van der Waals surface area contributed by atoms with Gasteiger partial charge in [0.25, 0.3) is 0 Å². The van der Waals surface area contributed by atoms with Crippen LogP contribution in [0.25, 0.3) is 11.0 Å². The van der Waals surface area contributed by atoms with Gasteiger partial charge in [0.15, 0.2) is 6.10 Å². The number of carboxylic acids is 1. The number of ether oxygens (including phenoxy) is 2. The summed E-state index contributed by atoms with van der Waals surface area (Å²) in [4.78, 5) is 36.1. The molecule has 0 amide bonds. The van der Waals surface area contributed by atoms with Crippen molar-refractivity contribution in [1.29, 1.82) is 0 Å². The molecule has 1 saturated heterocycles. The lowest BCUT2D eigenvalue weighted by atomic mass is 9.87. The number of fused-ring (bicyclic) bond motifs is 1. The number of aliphatic hydroxyl groups is 3. The van der Waals surface area contributed by atoms with E-state index in [0.717, 1.165) is 0 Å². The Kier molecular flexibility index (Phi) is 7.09. The van der Waals surface area contributed by atoms with Gasteiger partial charge < -0.3 is 39.4 Å². The molecule has 3 aromatic rings. The number of aliphatic carboxylic acids is 1. The van der Waals surface area contributed by atoms with Crippen LogP contribution in [0.2, 0.25) is 0 Å². The van der Waals surface area contributed by atoms with Crippen molar-refractivity contribution in [2.75, 3.05) is 0 Å². The molecule has 1 fully saturated rings. The molecule has 11 nitrogen and oxygen atoms in total. The molecule has 2 aromatic carbocycles. The Hall–Kier alpha value is -3.77. The molecule has 1 aliphatic rings. The fourth-order valence-corrected chi connectivity index (χ4v) is 4.20. The maximum absolute atomic E-state index is 12.8. The molecular weight excluding hydrogens is 476 g/mol. The topological polar surface area (TPSA) is 184 Å². The van der Waals surface area contributed by atoms with E-state index in [-0.39, 0.29) is 34.5 Å². The fraction of sp³-hybridized carbons (Fsp3) is 0.320. The number of hydrogen-bond acceptors (Lipinski definition) is 10. The zero-order valence-corrected chi connectivity index (χ0v) is 19.0. The molecule has 1 unspecified atom stereocenters. The lowest BCUT2D eigenvalue weighted by molar-refractivity contribution is -0.271. The minimum atomic E-state index is -1.88. The predicted molar refractivity (Wildman–Crippen MR) is 123 cm³/mol. The van der Waals surface area contributed by atoms with E-state index < -0.39 is 54.0 Å². The van der Waals surface area contributed by atoms with Gasteiger partial charge in [-0.2, -0.15) is 0 Å². The monoisotopic (exact) mass is 500 g/mol. The second-order valence-corrected chi connectivity index (χ2v) is 8.53. The van der Waals surface area contributed by atoms with Crippen LogP contribution in [0.5, 0.6) is 11.5 Å². The fourth-order valence-electron chi connectivity index (χ4n) is 4.20. The minimum Gasteiger partial charge on any atom is -0.507 e. The van der Waals surface area contributed by atoms with Crippen molar-refractivity contribution >= 4 is 22.7 Å². The standard InChI is InChI=1S/C25H24O11/c1-11(26)9-14(12-5-3-2-4-6-12)17-18(27)15-10-13(7-8-16(15)35-24(17)33)34-25-21(30)19(28)20(29)22(36-25)23(31)32/h2-8,10,14,19-22,25,27-30H,9H2,1H3,(H,31,32)/t14-,19+,20+,21-,22+,25?/m1/s1. The Labute approximate surface area is 203 Å². The molecule has 1 aliphatic heterocycles. The molecule has 36 heavy (non-hydrogen) atoms. The summed E-state index contributed by atoms with van der Waals surface area (Å²) >= 11 is 0. The SMILES string of the molecule is CC(=O)C[C@H](c1ccccc1)c1c(O)c2cc(OC3O[C@H](C(=O)O)[C@@H](O)[C@H](O)[C@H]3O)ccc2oc1=O. The van der Waals surface area contributed by atoms with Gasteiger partial charge in [-0.1, -0.05) is 30.3 Å². The van der Waals surface area contributed by atoms with E-state index in [1.165, 1.54) is 25.1 Å². The van der Waals surface area contributed by atoms with E-state index in [1.54, 1.807) is 30.3 Å². The van der Waals surface area contributed by atoms with Gasteiger partial charge in [-0.3, -0.25) is 4.79 Å². The molecule has 0 aliphatic carbocycles. The largest absolute Gasteiger partial charge is 0.507 e. The van der Waals surface area contributed by atoms with Gasteiger partial charge >= 0.3 is 11.6 Å². The van der Waals surface area contributed by atoms with Crippen molar-refractivity contribution in [2.24, 2.45) is 0 Å². The Bertz CT molecular complexity index is 1330. The molecule has 6 atom stereocenters. The van der Waals surface area contributed by atoms with Crippen LogP contribution in [-0.4, -0.2) is 68.0 Å². The van der Waals surface area contributed by atoms with Gasteiger partial charge in [0.2, 0.25) is 6.29 Å². The number of benzene rings is 2. The molecule has 4 rings (SSSR count). The van der Waals surface area contributed by atoms with Crippen LogP contribution >= 0.6 is 0 Å². The quantitative estimate of drug-likeness (QED) is 0.290. The summed E-state index contributed by atoms with van der Waals surface area (Å²) in [5, 5.41) is 50.4. The summed E-state index contributed by atoms with van der Waals surface area (Å²) in [6, 6.07) is 12.6. The first-order chi connectivity index (χ1) is 17.1. The Balaban J connectivity index is 1.74. The van der Waals surface area contributed by atoms with Gasteiger partial charge in [-0.05, 0) is 30.7 Å². The normalized spacial score (nSPS) is 24.8. The molecule has 5 N–H and O–H groups in total. The number of hydrogen-bond donors (Lipinski definition) is 5.